The molecule has 158 valence electrons. The molecule has 4 heterocycles. The Bertz CT molecular complexity index is 1110. The van der Waals surface area contributed by atoms with Gasteiger partial charge in [0.15, 0.2) is 0 Å². The maximum atomic E-state index is 13.3. The standard InChI is InChI=1S/C21H26N6O2S/c1-3-26-15-19(16(2)25-26)30(28,29)27-13-7-8-17(14-27)18-9-6-11-21(23-18)24-20-10-4-5-12-22-20/h4-6,9-12,15,17H,3,7-8,13-14H2,1-2H3,(H,22,23,24). The summed E-state index contributed by atoms with van der Waals surface area (Å²) >= 11 is 0. The van der Waals surface area contributed by atoms with Crippen molar-refractivity contribution in [2.45, 2.75) is 44.0 Å². The summed E-state index contributed by atoms with van der Waals surface area (Å²) in [5.74, 6) is 1.46. The Morgan fingerprint density at radius 3 is 2.73 bits per heavy atom. The number of nitrogens with one attached hydrogen (secondary N) is 1. The van der Waals surface area contributed by atoms with Crippen molar-refractivity contribution >= 4 is 21.7 Å². The minimum absolute atomic E-state index is 0.0422. The van der Waals surface area contributed by atoms with Gasteiger partial charge in [-0.3, -0.25) is 4.68 Å². The molecule has 0 aromatic carbocycles. The second-order valence-electron chi connectivity index (χ2n) is 7.42. The Hall–Kier alpha value is -2.78. The maximum absolute atomic E-state index is 13.3. The Morgan fingerprint density at radius 2 is 2.00 bits per heavy atom. The van der Waals surface area contributed by atoms with E-state index in [0.717, 1.165) is 24.4 Å². The molecule has 1 atom stereocenters. The van der Waals surface area contributed by atoms with E-state index in [4.69, 9.17) is 4.98 Å². The molecule has 0 saturated carbocycles. The first-order chi connectivity index (χ1) is 14.5. The van der Waals surface area contributed by atoms with Crippen LogP contribution in [0.4, 0.5) is 11.6 Å². The highest BCUT2D eigenvalue weighted by atomic mass is 32.2. The predicted molar refractivity (Wildman–Crippen MR) is 115 cm³/mol. The number of rotatable bonds is 6. The Morgan fingerprint density at radius 1 is 1.17 bits per heavy atom. The molecule has 1 unspecified atom stereocenters. The summed E-state index contributed by atoms with van der Waals surface area (Å²) < 4.78 is 29.7. The first kappa shape index (κ1) is 20.5. The van der Waals surface area contributed by atoms with Crippen molar-refractivity contribution in [1.82, 2.24) is 24.1 Å². The Kier molecular flexibility index (Phi) is 5.83. The first-order valence-electron chi connectivity index (χ1n) is 10.2. The van der Waals surface area contributed by atoms with E-state index in [-0.39, 0.29) is 5.92 Å². The Labute approximate surface area is 177 Å². The van der Waals surface area contributed by atoms with Gasteiger partial charge in [0.05, 0.1) is 5.69 Å². The van der Waals surface area contributed by atoms with E-state index in [1.54, 1.807) is 28.3 Å². The van der Waals surface area contributed by atoms with Crippen molar-refractivity contribution in [2.24, 2.45) is 0 Å². The number of hydrogen-bond donors (Lipinski definition) is 1. The molecule has 1 N–H and O–H groups in total. The lowest BCUT2D eigenvalue weighted by Crippen LogP contribution is -2.39. The average Bonchev–Trinajstić information content (AvgIpc) is 3.16. The van der Waals surface area contributed by atoms with Gasteiger partial charge in [0.1, 0.15) is 16.5 Å². The van der Waals surface area contributed by atoms with Crippen LogP contribution in [0.25, 0.3) is 0 Å². The first-order valence-corrected chi connectivity index (χ1v) is 11.6. The summed E-state index contributed by atoms with van der Waals surface area (Å²) in [6.45, 7) is 5.26. The summed E-state index contributed by atoms with van der Waals surface area (Å²) in [5.41, 5.74) is 1.43. The van der Waals surface area contributed by atoms with E-state index in [1.165, 1.54) is 0 Å². The second kappa shape index (κ2) is 8.53. The van der Waals surface area contributed by atoms with E-state index < -0.39 is 10.0 Å². The van der Waals surface area contributed by atoms with Crippen LogP contribution < -0.4 is 5.32 Å². The molecule has 1 saturated heterocycles. The van der Waals surface area contributed by atoms with Crippen molar-refractivity contribution in [1.29, 1.82) is 0 Å². The molecule has 3 aromatic heterocycles. The van der Waals surface area contributed by atoms with E-state index in [0.29, 0.717) is 36.0 Å². The van der Waals surface area contributed by atoms with Crippen molar-refractivity contribution in [2.75, 3.05) is 18.4 Å². The molecule has 1 aliphatic heterocycles. The highest BCUT2D eigenvalue weighted by Crippen LogP contribution is 2.31. The van der Waals surface area contributed by atoms with Gasteiger partial charge in [-0.2, -0.15) is 9.40 Å². The van der Waals surface area contributed by atoms with E-state index >= 15 is 0 Å². The van der Waals surface area contributed by atoms with Crippen LogP contribution in [0, 0.1) is 6.92 Å². The van der Waals surface area contributed by atoms with E-state index in [9.17, 15) is 8.42 Å². The summed E-state index contributed by atoms with van der Waals surface area (Å²) in [6, 6.07) is 11.4. The SMILES string of the molecule is CCn1cc(S(=O)(=O)N2CCCC(c3cccc(Nc4ccccn4)n3)C2)c(C)n1. The molecule has 0 amide bonds. The van der Waals surface area contributed by atoms with Gasteiger partial charge in [-0.1, -0.05) is 12.1 Å². The minimum atomic E-state index is -3.58. The minimum Gasteiger partial charge on any atom is -0.325 e. The van der Waals surface area contributed by atoms with Gasteiger partial charge in [-0.15, -0.1) is 0 Å². The molecule has 0 spiro atoms. The van der Waals surface area contributed by atoms with Crippen molar-refractivity contribution < 1.29 is 8.42 Å². The largest absolute Gasteiger partial charge is 0.325 e. The molecule has 4 rings (SSSR count). The van der Waals surface area contributed by atoms with Gasteiger partial charge in [0.25, 0.3) is 0 Å². The lowest BCUT2D eigenvalue weighted by atomic mass is 9.95. The number of anilines is 2. The predicted octanol–water partition coefficient (Wildman–Crippen LogP) is 3.31. The summed E-state index contributed by atoms with van der Waals surface area (Å²) in [6.07, 6.45) is 5.05. The molecule has 0 bridgehead atoms. The quantitative estimate of drug-likeness (QED) is 0.650. The molecule has 9 heteroatoms. The number of nitrogens with zero attached hydrogens (tertiary/aromatic N) is 5. The normalized spacial score (nSPS) is 17.7. The molecule has 1 fully saturated rings. The van der Waals surface area contributed by atoms with Crippen molar-refractivity contribution in [3.63, 3.8) is 0 Å². The fourth-order valence-corrected chi connectivity index (χ4v) is 5.47. The second-order valence-corrected chi connectivity index (χ2v) is 9.33. The number of aryl methyl sites for hydroxylation is 2. The van der Waals surface area contributed by atoms with Crippen LogP contribution in [0.3, 0.4) is 0 Å². The zero-order valence-electron chi connectivity index (χ0n) is 17.2. The van der Waals surface area contributed by atoms with Crippen molar-refractivity contribution in [3.05, 3.63) is 60.2 Å². The van der Waals surface area contributed by atoms with Crippen LogP contribution in [0.2, 0.25) is 0 Å². The van der Waals surface area contributed by atoms with E-state index in [2.05, 4.69) is 15.4 Å². The van der Waals surface area contributed by atoms with Gasteiger partial charge in [-0.25, -0.2) is 18.4 Å². The molecule has 30 heavy (non-hydrogen) atoms. The van der Waals surface area contributed by atoms with Gasteiger partial charge in [-0.05, 0) is 51.0 Å². The number of hydrogen-bond acceptors (Lipinski definition) is 6. The van der Waals surface area contributed by atoms with Crippen LogP contribution >= 0.6 is 0 Å². The fourth-order valence-electron chi connectivity index (χ4n) is 3.77. The maximum Gasteiger partial charge on any atom is 0.246 e. The number of aromatic nitrogens is 4. The molecule has 0 aliphatic carbocycles. The summed E-state index contributed by atoms with van der Waals surface area (Å²) in [7, 11) is -3.58. The molecule has 0 radical (unpaired) electrons. The summed E-state index contributed by atoms with van der Waals surface area (Å²) in [5, 5.41) is 7.51. The molecule has 3 aromatic rings. The van der Waals surface area contributed by atoms with Crippen molar-refractivity contribution in [3.8, 4) is 0 Å². The Balaban J connectivity index is 1.54. The van der Waals surface area contributed by atoms with E-state index in [1.807, 2.05) is 43.3 Å². The van der Waals surface area contributed by atoms with Crippen LogP contribution in [0.5, 0.6) is 0 Å². The highest BCUT2D eigenvalue weighted by Gasteiger charge is 2.33. The number of sulfonamides is 1. The smallest absolute Gasteiger partial charge is 0.246 e. The molecular formula is C21H26N6O2S. The highest BCUT2D eigenvalue weighted by molar-refractivity contribution is 7.89. The van der Waals surface area contributed by atoms with Gasteiger partial charge < -0.3 is 5.32 Å². The zero-order chi connectivity index (χ0) is 21.1. The topological polar surface area (TPSA) is 93.0 Å². The molecule has 8 nitrogen and oxygen atoms in total. The average molecular weight is 427 g/mol. The van der Waals surface area contributed by atoms with Gasteiger partial charge >= 0.3 is 0 Å². The fraction of sp³-hybridized carbons (Fsp3) is 0.381. The third kappa shape index (κ3) is 4.22. The number of piperidine rings is 1. The third-order valence-corrected chi connectivity index (χ3v) is 7.31. The monoisotopic (exact) mass is 426 g/mol. The molecular weight excluding hydrogens is 400 g/mol. The lowest BCUT2D eigenvalue weighted by Gasteiger charge is -2.31. The van der Waals surface area contributed by atoms with Gasteiger partial charge in [0.2, 0.25) is 10.0 Å². The van der Waals surface area contributed by atoms with Gasteiger partial charge in [0, 0.05) is 43.6 Å². The summed E-state index contributed by atoms with van der Waals surface area (Å²) in [4.78, 5) is 9.29. The van der Waals surface area contributed by atoms with Crippen LogP contribution in [-0.4, -0.2) is 45.6 Å². The van der Waals surface area contributed by atoms with Crippen LogP contribution in [0.1, 0.15) is 37.1 Å². The zero-order valence-corrected chi connectivity index (χ0v) is 18.0. The lowest BCUT2D eigenvalue weighted by molar-refractivity contribution is 0.312. The van der Waals surface area contributed by atoms with Crippen LogP contribution in [-0.2, 0) is 16.6 Å². The third-order valence-electron chi connectivity index (χ3n) is 5.34. The van der Waals surface area contributed by atoms with Crippen LogP contribution in [0.15, 0.2) is 53.7 Å². The molecule has 1 aliphatic rings. The number of pyridine rings is 2.